The maximum atomic E-state index is 12.8. The first-order chi connectivity index (χ1) is 14.0. The first-order valence-corrected chi connectivity index (χ1v) is 9.14. The van der Waals surface area contributed by atoms with E-state index in [2.05, 4.69) is 20.4 Å². The number of hydrogen-bond acceptors (Lipinski definition) is 6. The third-order valence-corrected chi connectivity index (χ3v) is 4.92. The van der Waals surface area contributed by atoms with Crippen LogP contribution in [0.15, 0.2) is 47.7 Å². The highest BCUT2D eigenvalue weighted by Gasteiger charge is 2.44. The van der Waals surface area contributed by atoms with E-state index in [4.69, 9.17) is 9.47 Å². The summed E-state index contributed by atoms with van der Waals surface area (Å²) in [7, 11) is 3.14. The zero-order valence-corrected chi connectivity index (χ0v) is 16.1. The van der Waals surface area contributed by atoms with E-state index in [0.717, 1.165) is 12.8 Å². The Morgan fingerprint density at radius 1 is 1.28 bits per heavy atom. The zero-order chi connectivity index (χ0) is 20.4. The van der Waals surface area contributed by atoms with Gasteiger partial charge in [0, 0.05) is 31.8 Å². The molecule has 9 heteroatoms. The van der Waals surface area contributed by atoms with Gasteiger partial charge >= 0.3 is 0 Å². The van der Waals surface area contributed by atoms with Crippen LogP contribution in [-0.4, -0.2) is 52.0 Å². The number of H-pyrrole nitrogens is 1. The fraction of sp³-hybridized carbons (Fsp3) is 0.300. The molecule has 0 spiro atoms. The van der Waals surface area contributed by atoms with Crippen LogP contribution in [0, 0.1) is 0 Å². The minimum Gasteiger partial charge on any atom is -0.481 e. The van der Waals surface area contributed by atoms with Gasteiger partial charge in [-0.15, -0.1) is 0 Å². The molecule has 0 unspecified atom stereocenters. The van der Waals surface area contributed by atoms with Gasteiger partial charge in [0.15, 0.2) is 5.82 Å². The Bertz CT molecular complexity index is 1080. The van der Waals surface area contributed by atoms with Gasteiger partial charge in [-0.05, 0) is 36.6 Å². The number of aromatic amines is 1. The predicted molar refractivity (Wildman–Crippen MR) is 105 cm³/mol. The van der Waals surface area contributed by atoms with Crippen molar-refractivity contribution in [1.82, 2.24) is 25.1 Å². The van der Waals surface area contributed by atoms with Crippen LogP contribution in [0.4, 0.5) is 0 Å². The molecular formula is C20H21N5O4. The highest BCUT2D eigenvalue weighted by atomic mass is 16.5. The van der Waals surface area contributed by atoms with Crippen LogP contribution in [0.25, 0.3) is 16.9 Å². The number of methoxy groups -OCH3 is 2. The Labute approximate surface area is 166 Å². The van der Waals surface area contributed by atoms with Crippen LogP contribution < -0.4 is 15.6 Å². The number of amides is 1. The molecule has 1 fully saturated rings. The molecule has 29 heavy (non-hydrogen) atoms. The molecule has 0 atom stereocenters. The van der Waals surface area contributed by atoms with E-state index < -0.39 is 0 Å². The molecule has 0 saturated heterocycles. The lowest BCUT2D eigenvalue weighted by atomic mass is 10.1. The Morgan fingerprint density at radius 2 is 2.10 bits per heavy atom. The summed E-state index contributed by atoms with van der Waals surface area (Å²) in [5.74, 6) is 0.601. The highest BCUT2D eigenvalue weighted by Crippen LogP contribution is 2.35. The van der Waals surface area contributed by atoms with Gasteiger partial charge < -0.3 is 14.8 Å². The van der Waals surface area contributed by atoms with Crippen molar-refractivity contribution in [3.05, 3.63) is 58.8 Å². The second kappa shape index (κ2) is 7.51. The van der Waals surface area contributed by atoms with E-state index in [1.807, 2.05) is 0 Å². The second-order valence-corrected chi connectivity index (χ2v) is 6.99. The zero-order valence-electron chi connectivity index (χ0n) is 16.1. The number of ether oxygens (including phenoxy) is 2. The van der Waals surface area contributed by atoms with E-state index >= 15 is 0 Å². The summed E-state index contributed by atoms with van der Waals surface area (Å²) < 4.78 is 11.6. The molecule has 3 aromatic heterocycles. The SMILES string of the molecule is COCC1(NC(=O)c2ccc(-n3[nH]cc(-c4ccnc(OC)c4)c3=O)nc2)CC1. The van der Waals surface area contributed by atoms with Gasteiger partial charge in [-0.1, -0.05) is 0 Å². The van der Waals surface area contributed by atoms with Crippen molar-refractivity contribution in [3.8, 4) is 22.8 Å². The Balaban J connectivity index is 1.55. The van der Waals surface area contributed by atoms with E-state index in [1.165, 1.54) is 18.0 Å². The topological polar surface area (TPSA) is 111 Å². The number of hydrogen-bond donors (Lipinski definition) is 2. The lowest BCUT2D eigenvalue weighted by Crippen LogP contribution is -2.40. The molecule has 1 aliphatic rings. The summed E-state index contributed by atoms with van der Waals surface area (Å²) >= 11 is 0. The van der Waals surface area contributed by atoms with Crippen LogP contribution in [0.5, 0.6) is 5.88 Å². The Morgan fingerprint density at radius 3 is 2.76 bits per heavy atom. The van der Waals surface area contributed by atoms with Gasteiger partial charge in [0.1, 0.15) is 0 Å². The monoisotopic (exact) mass is 395 g/mol. The molecular weight excluding hydrogens is 374 g/mol. The first kappa shape index (κ1) is 18.9. The standard InChI is InChI=1S/C20H21N5O4/c1-28-12-20(6-7-20)24-18(26)14-3-4-16(22-10-14)25-19(27)15(11-23-25)13-5-8-21-17(9-13)29-2/h3-5,8-11,23H,6-7,12H2,1-2H3,(H,24,26). The first-order valence-electron chi connectivity index (χ1n) is 9.14. The molecule has 0 aromatic carbocycles. The van der Waals surface area contributed by atoms with E-state index in [-0.39, 0.29) is 17.0 Å². The number of aromatic nitrogens is 4. The van der Waals surface area contributed by atoms with Crippen LogP contribution in [0.3, 0.4) is 0 Å². The summed E-state index contributed by atoms with van der Waals surface area (Å²) in [5.41, 5.74) is 1.04. The fourth-order valence-electron chi connectivity index (χ4n) is 3.13. The molecule has 1 saturated carbocycles. The average molecular weight is 395 g/mol. The molecule has 4 rings (SSSR count). The van der Waals surface area contributed by atoms with Crippen molar-refractivity contribution in [2.24, 2.45) is 0 Å². The molecule has 1 amide bonds. The molecule has 3 aromatic rings. The number of carbonyl (C=O) groups is 1. The summed E-state index contributed by atoms with van der Waals surface area (Å²) in [5, 5.41) is 5.90. The van der Waals surface area contributed by atoms with Crippen LogP contribution in [-0.2, 0) is 4.74 Å². The van der Waals surface area contributed by atoms with Gasteiger partial charge in [-0.2, -0.15) is 0 Å². The molecule has 0 aliphatic heterocycles. The number of nitrogens with zero attached hydrogens (tertiary/aromatic N) is 3. The normalized spacial score (nSPS) is 14.4. The number of pyridine rings is 2. The predicted octanol–water partition coefficient (Wildman–Crippen LogP) is 1.54. The maximum Gasteiger partial charge on any atom is 0.280 e. The van der Waals surface area contributed by atoms with Crippen molar-refractivity contribution in [2.45, 2.75) is 18.4 Å². The molecule has 0 bridgehead atoms. The molecule has 3 heterocycles. The maximum absolute atomic E-state index is 12.8. The number of carbonyl (C=O) groups excluding carboxylic acids is 1. The van der Waals surface area contributed by atoms with Gasteiger partial charge in [-0.3, -0.25) is 14.7 Å². The lowest BCUT2D eigenvalue weighted by molar-refractivity contribution is 0.0881. The molecule has 150 valence electrons. The smallest absolute Gasteiger partial charge is 0.280 e. The fourth-order valence-corrected chi connectivity index (χ4v) is 3.13. The number of nitrogens with one attached hydrogen (secondary N) is 2. The minimum atomic E-state index is -0.264. The summed E-state index contributed by atoms with van der Waals surface area (Å²) in [6, 6.07) is 6.68. The third kappa shape index (κ3) is 3.77. The van der Waals surface area contributed by atoms with Crippen molar-refractivity contribution in [3.63, 3.8) is 0 Å². The summed E-state index contributed by atoms with van der Waals surface area (Å²) in [6.45, 7) is 0.491. The van der Waals surface area contributed by atoms with Crippen LogP contribution >= 0.6 is 0 Å². The molecule has 9 nitrogen and oxygen atoms in total. The van der Waals surface area contributed by atoms with Crippen molar-refractivity contribution in [1.29, 1.82) is 0 Å². The third-order valence-electron chi connectivity index (χ3n) is 4.92. The molecule has 2 N–H and O–H groups in total. The highest BCUT2D eigenvalue weighted by molar-refractivity contribution is 5.94. The minimum absolute atomic E-state index is 0.206. The average Bonchev–Trinajstić information content (AvgIpc) is 3.38. The Hall–Kier alpha value is -3.46. The van der Waals surface area contributed by atoms with Crippen molar-refractivity contribution in [2.75, 3.05) is 20.8 Å². The number of rotatable bonds is 7. The lowest BCUT2D eigenvalue weighted by Gasteiger charge is -2.16. The molecule has 1 aliphatic carbocycles. The van der Waals surface area contributed by atoms with Gasteiger partial charge in [0.25, 0.3) is 11.5 Å². The van der Waals surface area contributed by atoms with Gasteiger partial charge in [0.2, 0.25) is 5.88 Å². The molecule has 0 radical (unpaired) electrons. The van der Waals surface area contributed by atoms with Gasteiger partial charge in [-0.25, -0.2) is 14.6 Å². The van der Waals surface area contributed by atoms with Crippen molar-refractivity contribution < 1.29 is 14.3 Å². The van der Waals surface area contributed by atoms with E-state index in [1.54, 1.807) is 43.8 Å². The quantitative estimate of drug-likeness (QED) is 0.628. The van der Waals surface area contributed by atoms with Gasteiger partial charge in [0.05, 0.1) is 30.4 Å². The largest absolute Gasteiger partial charge is 0.481 e. The van der Waals surface area contributed by atoms with Crippen LogP contribution in [0.1, 0.15) is 23.2 Å². The van der Waals surface area contributed by atoms with E-state index in [0.29, 0.717) is 35.0 Å². The van der Waals surface area contributed by atoms with E-state index in [9.17, 15) is 9.59 Å². The summed E-state index contributed by atoms with van der Waals surface area (Å²) in [6.07, 6.45) is 6.43. The summed E-state index contributed by atoms with van der Waals surface area (Å²) in [4.78, 5) is 33.5. The van der Waals surface area contributed by atoms with Crippen LogP contribution in [0.2, 0.25) is 0 Å². The Kier molecular flexibility index (Phi) is 4.89. The second-order valence-electron chi connectivity index (χ2n) is 6.99. The van der Waals surface area contributed by atoms with Crippen molar-refractivity contribution >= 4 is 5.91 Å².